The van der Waals surface area contributed by atoms with Crippen LogP contribution in [0.15, 0.2) is 69.5 Å². The van der Waals surface area contributed by atoms with Gasteiger partial charge in [0.25, 0.3) is 0 Å². The first kappa shape index (κ1) is 25.3. The molecule has 0 fully saturated rings. The Hall–Kier alpha value is -2.37. The molecule has 0 unspecified atom stereocenters. The van der Waals surface area contributed by atoms with Gasteiger partial charge in [-0.05, 0) is 59.1 Å². The van der Waals surface area contributed by atoms with Crippen molar-refractivity contribution in [2.75, 3.05) is 0 Å². The number of hydrogen-bond acceptors (Lipinski definition) is 4. The van der Waals surface area contributed by atoms with E-state index in [9.17, 15) is 9.59 Å². The molecule has 1 aliphatic heterocycles. The first-order chi connectivity index (χ1) is 16.9. The minimum atomic E-state index is -0.401. The second kappa shape index (κ2) is 9.18. The maximum Gasteiger partial charge on any atom is 0.162 e. The van der Waals surface area contributed by atoms with Gasteiger partial charge >= 0.3 is 0 Å². The van der Waals surface area contributed by atoms with Crippen LogP contribution in [0, 0.1) is 10.8 Å². The molecule has 4 nitrogen and oxygen atoms in total. The van der Waals surface area contributed by atoms with E-state index in [4.69, 9.17) is 16.3 Å². The van der Waals surface area contributed by atoms with Crippen LogP contribution < -0.4 is 10.1 Å². The topological polar surface area (TPSA) is 55.4 Å². The Morgan fingerprint density at radius 1 is 0.889 bits per heavy atom. The van der Waals surface area contributed by atoms with Crippen LogP contribution >= 0.6 is 27.5 Å². The number of halogens is 2. The van der Waals surface area contributed by atoms with Gasteiger partial charge in [0.15, 0.2) is 11.6 Å². The van der Waals surface area contributed by atoms with E-state index in [0.717, 1.165) is 51.0 Å². The maximum atomic E-state index is 13.5. The number of dihydropyridines is 1. The van der Waals surface area contributed by atoms with Crippen molar-refractivity contribution in [2.45, 2.75) is 65.9 Å². The Morgan fingerprint density at radius 2 is 1.44 bits per heavy atom. The number of ketones is 2. The first-order valence-corrected chi connectivity index (χ1v) is 13.6. The van der Waals surface area contributed by atoms with Gasteiger partial charge in [0.2, 0.25) is 0 Å². The Kier molecular flexibility index (Phi) is 6.45. The Labute approximate surface area is 226 Å². The van der Waals surface area contributed by atoms with Crippen molar-refractivity contribution < 1.29 is 14.3 Å². The molecule has 6 heteroatoms. The Bertz CT molecular complexity index is 1270. The number of nitrogens with one attached hydrogen (secondary N) is 1. The summed E-state index contributed by atoms with van der Waals surface area (Å²) in [7, 11) is 0. The second-order valence-electron chi connectivity index (χ2n) is 11.8. The third-order valence-electron chi connectivity index (χ3n) is 7.32. The van der Waals surface area contributed by atoms with Crippen LogP contribution in [-0.2, 0) is 16.2 Å². The van der Waals surface area contributed by atoms with E-state index in [2.05, 4.69) is 48.9 Å². The number of benzene rings is 2. The highest BCUT2D eigenvalue weighted by Gasteiger charge is 2.46. The van der Waals surface area contributed by atoms with Crippen LogP contribution in [0.5, 0.6) is 5.75 Å². The number of hydrogen-bond donors (Lipinski definition) is 1. The van der Waals surface area contributed by atoms with Gasteiger partial charge in [-0.2, -0.15) is 0 Å². The normalized spacial score (nSPS) is 21.2. The third kappa shape index (κ3) is 4.92. The zero-order chi connectivity index (χ0) is 25.8. The zero-order valence-corrected chi connectivity index (χ0v) is 23.5. The fraction of sp³-hybridized carbons (Fsp3) is 0.400. The highest BCUT2D eigenvalue weighted by molar-refractivity contribution is 9.10. The van der Waals surface area contributed by atoms with Crippen molar-refractivity contribution in [3.8, 4) is 5.75 Å². The summed E-state index contributed by atoms with van der Waals surface area (Å²) in [6, 6.07) is 13.6. The molecule has 0 spiro atoms. The highest BCUT2D eigenvalue weighted by atomic mass is 79.9. The molecule has 0 radical (unpaired) electrons. The van der Waals surface area contributed by atoms with Crippen LogP contribution in [0.3, 0.4) is 0 Å². The van der Waals surface area contributed by atoms with E-state index >= 15 is 0 Å². The van der Waals surface area contributed by atoms with Gasteiger partial charge in [0.05, 0.1) is 5.02 Å². The van der Waals surface area contributed by atoms with E-state index in [1.165, 1.54) is 0 Å². The van der Waals surface area contributed by atoms with Crippen molar-refractivity contribution >= 4 is 39.1 Å². The smallest absolute Gasteiger partial charge is 0.162 e. The SMILES string of the molecule is CC1(C)CC(=O)C2=C(C1)NC1=C(C(=O)CC(C)(C)C1)C2c1ccc(OCc2ccc(Br)cc2)c(Cl)c1. The second-order valence-corrected chi connectivity index (χ2v) is 13.2. The summed E-state index contributed by atoms with van der Waals surface area (Å²) in [6.45, 7) is 8.89. The standard InChI is InChI=1S/C30H31BrClNO3/c1-29(2)12-21-27(23(34)14-29)26(28-22(33-21)13-30(3,4)15-24(28)35)18-7-10-25(20(32)11-18)36-16-17-5-8-19(31)9-6-17/h5-11,26,33H,12-16H2,1-4H3. The highest BCUT2D eigenvalue weighted by Crippen LogP contribution is 2.51. The lowest BCUT2D eigenvalue weighted by Gasteiger charge is -2.44. The summed E-state index contributed by atoms with van der Waals surface area (Å²) >= 11 is 10.1. The summed E-state index contributed by atoms with van der Waals surface area (Å²) in [6.07, 6.45) is 2.49. The minimum absolute atomic E-state index is 0.106. The number of carbonyl (C=O) groups excluding carboxylic acids is 2. The van der Waals surface area contributed by atoms with Crippen LogP contribution in [0.4, 0.5) is 0 Å². The van der Waals surface area contributed by atoms with Crippen LogP contribution in [0.1, 0.15) is 70.4 Å². The molecule has 36 heavy (non-hydrogen) atoms. The van der Waals surface area contributed by atoms with Crippen LogP contribution in [-0.4, -0.2) is 11.6 Å². The number of carbonyl (C=O) groups is 2. The number of rotatable bonds is 4. The average molecular weight is 569 g/mol. The molecular formula is C30H31BrClNO3. The minimum Gasteiger partial charge on any atom is -0.487 e. The van der Waals surface area contributed by atoms with Crippen molar-refractivity contribution in [3.05, 3.63) is 85.6 Å². The molecule has 0 amide bonds. The monoisotopic (exact) mass is 567 g/mol. The maximum absolute atomic E-state index is 13.5. The van der Waals surface area contributed by atoms with Crippen LogP contribution in [0.2, 0.25) is 5.02 Å². The third-order valence-corrected chi connectivity index (χ3v) is 8.14. The van der Waals surface area contributed by atoms with E-state index in [1.807, 2.05) is 42.5 Å². The molecule has 2 aromatic rings. The molecule has 2 aliphatic carbocycles. The predicted molar refractivity (Wildman–Crippen MR) is 146 cm³/mol. The van der Waals surface area contributed by atoms with Gasteiger partial charge in [-0.15, -0.1) is 0 Å². The average Bonchev–Trinajstić information content (AvgIpc) is 2.76. The molecule has 0 saturated heterocycles. The van der Waals surface area contributed by atoms with Gasteiger partial charge in [-0.25, -0.2) is 0 Å². The molecule has 0 saturated carbocycles. The molecule has 0 aromatic heterocycles. The van der Waals surface area contributed by atoms with Crippen molar-refractivity contribution in [1.82, 2.24) is 5.32 Å². The van der Waals surface area contributed by atoms with Crippen molar-refractivity contribution in [3.63, 3.8) is 0 Å². The molecule has 188 valence electrons. The summed E-state index contributed by atoms with van der Waals surface area (Å²) in [5.41, 5.74) is 5.01. The Morgan fingerprint density at radius 3 is 1.97 bits per heavy atom. The van der Waals surface area contributed by atoms with Crippen molar-refractivity contribution in [2.24, 2.45) is 10.8 Å². The zero-order valence-electron chi connectivity index (χ0n) is 21.1. The summed E-state index contributed by atoms with van der Waals surface area (Å²) < 4.78 is 7.01. The largest absolute Gasteiger partial charge is 0.487 e. The first-order valence-electron chi connectivity index (χ1n) is 12.4. The molecule has 5 rings (SSSR count). The number of ether oxygens (including phenoxy) is 1. The van der Waals surface area contributed by atoms with E-state index in [0.29, 0.717) is 30.2 Å². The molecule has 0 atom stereocenters. The molecule has 2 aromatic carbocycles. The molecule has 0 bridgehead atoms. The lowest BCUT2D eigenvalue weighted by atomic mass is 9.64. The molecule has 1 N–H and O–H groups in total. The number of Topliss-reactive ketones (excluding diaryl/α,β-unsaturated/α-hetero) is 2. The summed E-state index contributed by atoms with van der Waals surface area (Å²) in [5.74, 6) is 0.388. The van der Waals surface area contributed by atoms with Gasteiger partial charge < -0.3 is 10.1 Å². The van der Waals surface area contributed by atoms with Gasteiger partial charge in [0.1, 0.15) is 12.4 Å². The summed E-state index contributed by atoms with van der Waals surface area (Å²) in [4.78, 5) is 27.0. The summed E-state index contributed by atoms with van der Waals surface area (Å²) in [5, 5.41) is 4.03. The van der Waals surface area contributed by atoms with Gasteiger partial charge in [-0.3, -0.25) is 9.59 Å². The lowest BCUT2D eigenvalue weighted by Crippen LogP contribution is -2.42. The molecular weight excluding hydrogens is 538 g/mol. The van der Waals surface area contributed by atoms with Gasteiger partial charge in [-0.1, -0.05) is 73.4 Å². The number of allylic oxidation sites excluding steroid dienone is 4. The fourth-order valence-corrected chi connectivity index (χ4v) is 6.29. The Balaban J connectivity index is 1.52. The van der Waals surface area contributed by atoms with Crippen molar-refractivity contribution in [1.29, 1.82) is 0 Å². The van der Waals surface area contributed by atoms with E-state index in [1.54, 1.807) is 0 Å². The van der Waals surface area contributed by atoms with E-state index < -0.39 is 5.92 Å². The molecule has 1 heterocycles. The lowest BCUT2D eigenvalue weighted by molar-refractivity contribution is -0.119. The van der Waals surface area contributed by atoms with E-state index in [-0.39, 0.29) is 22.4 Å². The van der Waals surface area contributed by atoms with Gasteiger partial charge in [0, 0.05) is 45.8 Å². The predicted octanol–water partition coefficient (Wildman–Crippen LogP) is 7.65. The van der Waals surface area contributed by atoms with Crippen LogP contribution in [0.25, 0.3) is 0 Å². The fourth-order valence-electron chi connectivity index (χ4n) is 5.78. The quantitative estimate of drug-likeness (QED) is 0.411. The molecule has 3 aliphatic rings.